The predicted octanol–water partition coefficient (Wildman–Crippen LogP) is 4.51. The van der Waals surface area contributed by atoms with Gasteiger partial charge in [0.2, 0.25) is 0 Å². The highest BCUT2D eigenvalue weighted by atomic mass is 16.6. The Labute approximate surface area is 173 Å². The zero-order chi connectivity index (χ0) is 21.1. The molecule has 8 nitrogen and oxygen atoms in total. The largest absolute Gasteiger partial charge is 0.477 e. The summed E-state index contributed by atoms with van der Waals surface area (Å²) in [7, 11) is 0. The van der Waals surface area contributed by atoms with Crippen molar-refractivity contribution >= 4 is 11.6 Å². The summed E-state index contributed by atoms with van der Waals surface area (Å²) in [5.41, 5.74) is -0.183. The molecule has 0 radical (unpaired) electrons. The lowest BCUT2D eigenvalue weighted by atomic mass is 10.3. The van der Waals surface area contributed by atoms with Crippen molar-refractivity contribution in [1.82, 2.24) is 4.90 Å². The molecule has 1 aliphatic rings. The van der Waals surface area contributed by atoms with Gasteiger partial charge < -0.3 is 18.5 Å². The molecule has 1 fully saturated rings. The van der Waals surface area contributed by atoms with Crippen LogP contribution in [0.4, 0.5) is 5.69 Å². The first-order valence-electron chi connectivity index (χ1n) is 9.76. The highest BCUT2D eigenvalue weighted by molar-refractivity contribution is 5.77. The Morgan fingerprint density at radius 1 is 1.17 bits per heavy atom. The molecule has 2 heterocycles. The Kier molecular flexibility index (Phi) is 5.56. The number of nitro benzene ring substituents is 1. The van der Waals surface area contributed by atoms with E-state index < -0.39 is 4.92 Å². The number of amides is 1. The van der Waals surface area contributed by atoms with Crippen molar-refractivity contribution in [2.75, 3.05) is 6.61 Å². The number of hydrogen-bond acceptors (Lipinski definition) is 6. The van der Waals surface area contributed by atoms with E-state index in [4.69, 9.17) is 13.6 Å². The minimum absolute atomic E-state index is 0.0526. The monoisotopic (exact) mass is 410 g/mol. The second kappa shape index (κ2) is 8.44. The molecule has 156 valence electrons. The average Bonchev–Trinajstić information content (AvgIpc) is 3.13. The smallest absolute Gasteiger partial charge is 0.310 e. The Bertz CT molecular complexity index is 1030. The van der Waals surface area contributed by atoms with Crippen molar-refractivity contribution in [1.29, 1.82) is 0 Å². The number of benzene rings is 1. The van der Waals surface area contributed by atoms with Gasteiger partial charge in [-0.15, -0.1) is 0 Å². The van der Waals surface area contributed by atoms with Crippen LogP contribution in [0.25, 0.3) is 0 Å². The molecule has 1 aliphatic carbocycles. The predicted molar refractivity (Wildman–Crippen MR) is 107 cm³/mol. The van der Waals surface area contributed by atoms with E-state index in [1.54, 1.807) is 35.4 Å². The maximum atomic E-state index is 12.9. The molecule has 0 N–H and O–H groups in total. The van der Waals surface area contributed by atoms with Crippen LogP contribution in [0.15, 0.2) is 63.6 Å². The Hall–Kier alpha value is -3.55. The molecule has 8 heteroatoms. The minimum Gasteiger partial charge on any atom is -0.477 e. The SMILES string of the molecule is CC1CC1c1ccc(CN(Cc2ccco2)C(=O)COc2ccccc2[N+](=O)[O-])o1. The summed E-state index contributed by atoms with van der Waals surface area (Å²) in [6.45, 7) is 2.33. The van der Waals surface area contributed by atoms with Gasteiger partial charge in [-0.3, -0.25) is 14.9 Å². The van der Waals surface area contributed by atoms with Gasteiger partial charge in [0.05, 0.1) is 24.3 Å². The van der Waals surface area contributed by atoms with Crippen LogP contribution in [-0.2, 0) is 17.9 Å². The third kappa shape index (κ3) is 4.53. The van der Waals surface area contributed by atoms with Crippen molar-refractivity contribution in [2.45, 2.75) is 32.4 Å². The van der Waals surface area contributed by atoms with E-state index in [2.05, 4.69) is 6.92 Å². The molecule has 3 aromatic rings. The van der Waals surface area contributed by atoms with Gasteiger partial charge in [-0.1, -0.05) is 19.1 Å². The van der Waals surface area contributed by atoms with Gasteiger partial charge in [-0.25, -0.2) is 0 Å². The number of carbonyl (C=O) groups is 1. The lowest BCUT2D eigenvalue weighted by molar-refractivity contribution is -0.385. The molecular weight excluding hydrogens is 388 g/mol. The Morgan fingerprint density at radius 3 is 2.63 bits per heavy atom. The minimum atomic E-state index is -0.538. The molecule has 1 aromatic carbocycles. The van der Waals surface area contributed by atoms with Gasteiger partial charge >= 0.3 is 5.69 Å². The molecule has 2 atom stereocenters. The standard InChI is InChI=1S/C22H22N2O6/c1-15-11-18(15)20-9-8-17(30-20)13-23(12-16-5-4-10-28-16)22(25)14-29-21-7-3-2-6-19(21)24(26)27/h2-10,15,18H,11-14H2,1H3. The third-order valence-electron chi connectivity index (χ3n) is 5.20. The first-order valence-corrected chi connectivity index (χ1v) is 9.76. The summed E-state index contributed by atoms with van der Waals surface area (Å²) >= 11 is 0. The van der Waals surface area contributed by atoms with E-state index >= 15 is 0 Å². The first kappa shape index (κ1) is 19.8. The number of ether oxygens (including phenoxy) is 1. The summed E-state index contributed by atoms with van der Waals surface area (Å²) in [5.74, 6) is 3.04. The van der Waals surface area contributed by atoms with E-state index in [0.717, 1.165) is 12.2 Å². The molecule has 30 heavy (non-hydrogen) atoms. The first-order chi connectivity index (χ1) is 14.5. The Balaban J connectivity index is 1.45. The van der Waals surface area contributed by atoms with Gasteiger partial charge in [0.15, 0.2) is 12.4 Å². The van der Waals surface area contributed by atoms with Crippen LogP contribution < -0.4 is 4.74 Å². The summed E-state index contributed by atoms with van der Waals surface area (Å²) in [4.78, 5) is 25.0. The maximum Gasteiger partial charge on any atom is 0.310 e. The molecule has 0 saturated heterocycles. The highest BCUT2D eigenvalue weighted by Gasteiger charge is 2.36. The van der Waals surface area contributed by atoms with Crippen LogP contribution in [0.5, 0.6) is 5.75 Å². The lowest BCUT2D eigenvalue weighted by Gasteiger charge is -2.20. The van der Waals surface area contributed by atoms with E-state index in [-0.39, 0.29) is 37.0 Å². The van der Waals surface area contributed by atoms with E-state index in [9.17, 15) is 14.9 Å². The topological polar surface area (TPSA) is 99.0 Å². The van der Waals surface area contributed by atoms with Gasteiger partial charge in [0.1, 0.15) is 17.3 Å². The van der Waals surface area contributed by atoms with Crippen LogP contribution in [0, 0.1) is 16.0 Å². The zero-order valence-corrected chi connectivity index (χ0v) is 16.5. The third-order valence-corrected chi connectivity index (χ3v) is 5.20. The molecule has 0 spiro atoms. The fourth-order valence-corrected chi connectivity index (χ4v) is 3.37. The van der Waals surface area contributed by atoms with Crippen LogP contribution in [0.1, 0.15) is 36.5 Å². The zero-order valence-electron chi connectivity index (χ0n) is 16.5. The quantitative estimate of drug-likeness (QED) is 0.380. The average molecular weight is 410 g/mol. The van der Waals surface area contributed by atoms with Gasteiger partial charge in [0.25, 0.3) is 5.91 Å². The van der Waals surface area contributed by atoms with Gasteiger partial charge in [0, 0.05) is 12.0 Å². The number of rotatable bonds is 9. The highest BCUT2D eigenvalue weighted by Crippen LogP contribution is 2.47. The number of carbonyl (C=O) groups excluding carboxylic acids is 1. The van der Waals surface area contributed by atoms with Crippen molar-refractivity contribution in [3.63, 3.8) is 0 Å². The normalized spacial score (nSPS) is 17.5. The number of nitrogens with zero attached hydrogens (tertiary/aromatic N) is 2. The lowest BCUT2D eigenvalue weighted by Crippen LogP contribution is -2.34. The molecule has 4 rings (SSSR count). The molecule has 2 aromatic heterocycles. The fourth-order valence-electron chi connectivity index (χ4n) is 3.37. The second-order valence-electron chi connectivity index (χ2n) is 7.47. The maximum absolute atomic E-state index is 12.9. The van der Waals surface area contributed by atoms with Crippen LogP contribution >= 0.6 is 0 Å². The van der Waals surface area contributed by atoms with Crippen LogP contribution in [0.3, 0.4) is 0 Å². The Morgan fingerprint density at radius 2 is 1.93 bits per heavy atom. The van der Waals surface area contributed by atoms with Crippen molar-refractivity contribution in [3.8, 4) is 5.75 Å². The molecular formula is C22H22N2O6. The number of hydrogen-bond donors (Lipinski definition) is 0. The number of nitro groups is 1. The molecule has 1 saturated carbocycles. The molecule has 0 bridgehead atoms. The number of furan rings is 2. The summed E-state index contributed by atoms with van der Waals surface area (Å²) in [5, 5.41) is 11.1. The molecule has 1 amide bonds. The van der Waals surface area contributed by atoms with Crippen molar-refractivity contribution in [2.24, 2.45) is 5.92 Å². The fraction of sp³-hybridized carbons (Fsp3) is 0.318. The van der Waals surface area contributed by atoms with Crippen molar-refractivity contribution in [3.05, 3.63) is 82.2 Å². The van der Waals surface area contributed by atoms with Gasteiger partial charge in [-0.05, 0) is 42.7 Å². The van der Waals surface area contributed by atoms with E-state index in [1.165, 1.54) is 12.1 Å². The summed E-state index contributed by atoms with van der Waals surface area (Å²) in [6, 6.07) is 13.3. The van der Waals surface area contributed by atoms with E-state index in [0.29, 0.717) is 23.4 Å². The second-order valence-corrected chi connectivity index (χ2v) is 7.47. The van der Waals surface area contributed by atoms with E-state index in [1.807, 2.05) is 12.1 Å². The summed E-state index contributed by atoms with van der Waals surface area (Å²) in [6.07, 6.45) is 2.66. The van der Waals surface area contributed by atoms with Gasteiger partial charge in [-0.2, -0.15) is 0 Å². The van der Waals surface area contributed by atoms with Crippen LogP contribution in [0.2, 0.25) is 0 Å². The summed E-state index contributed by atoms with van der Waals surface area (Å²) < 4.78 is 16.8. The molecule has 2 unspecified atom stereocenters. The molecule has 0 aliphatic heterocycles. The van der Waals surface area contributed by atoms with Crippen molar-refractivity contribution < 1.29 is 23.3 Å². The van der Waals surface area contributed by atoms with Crippen LogP contribution in [-0.4, -0.2) is 22.3 Å². The number of para-hydroxylation sites is 2.